The van der Waals surface area contributed by atoms with Gasteiger partial charge in [-0.1, -0.05) is 0 Å². The summed E-state index contributed by atoms with van der Waals surface area (Å²) >= 11 is 0. The van der Waals surface area contributed by atoms with Crippen LogP contribution in [0.25, 0.3) is 0 Å². The van der Waals surface area contributed by atoms with Gasteiger partial charge in [-0.05, 0) is 68.6 Å². The van der Waals surface area contributed by atoms with Crippen LogP contribution in [-0.2, 0) is 9.59 Å². The summed E-state index contributed by atoms with van der Waals surface area (Å²) in [6, 6.07) is 0.0458. The lowest BCUT2D eigenvalue weighted by Gasteiger charge is -2.60. The van der Waals surface area contributed by atoms with Crippen molar-refractivity contribution in [2.45, 2.75) is 51.5 Å². The van der Waals surface area contributed by atoms with E-state index in [2.05, 4.69) is 0 Å². The van der Waals surface area contributed by atoms with Crippen molar-refractivity contribution < 1.29 is 14.7 Å². The van der Waals surface area contributed by atoms with Gasteiger partial charge in [0.25, 0.3) is 0 Å². The van der Waals surface area contributed by atoms with Crippen molar-refractivity contribution in [3.8, 4) is 0 Å². The lowest BCUT2D eigenvalue weighted by molar-refractivity contribution is -0.160. The van der Waals surface area contributed by atoms with Crippen molar-refractivity contribution in [1.82, 2.24) is 4.90 Å². The van der Waals surface area contributed by atoms with E-state index in [1.165, 1.54) is 43.4 Å². The van der Waals surface area contributed by atoms with E-state index in [9.17, 15) is 9.59 Å². The van der Waals surface area contributed by atoms with Crippen LogP contribution in [0.1, 0.15) is 45.4 Å². The monoisotopic (exact) mass is 265 g/mol. The Morgan fingerprint density at radius 1 is 1.11 bits per heavy atom. The lowest BCUT2D eigenvalue weighted by Crippen LogP contribution is -2.56. The molecule has 0 aliphatic heterocycles. The van der Waals surface area contributed by atoms with Crippen LogP contribution in [-0.4, -0.2) is 35.0 Å². The number of hydrogen-bond acceptors (Lipinski definition) is 2. The molecule has 106 valence electrons. The highest BCUT2D eigenvalue weighted by molar-refractivity contribution is 6.31. The summed E-state index contributed by atoms with van der Waals surface area (Å²) in [6.07, 6.45) is 7.67. The van der Waals surface area contributed by atoms with Gasteiger partial charge in [0.05, 0.1) is 0 Å². The smallest absolute Gasteiger partial charge is 0.394 e. The van der Waals surface area contributed by atoms with Gasteiger partial charge in [-0.3, -0.25) is 4.79 Å². The van der Waals surface area contributed by atoms with Gasteiger partial charge in [0.1, 0.15) is 0 Å². The zero-order chi connectivity index (χ0) is 13.8. The van der Waals surface area contributed by atoms with Crippen LogP contribution in [0.2, 0.25) is 0 Å². The number of rotatable bonds is 2. The fourth-order valence-electron chi connectivity index (χ4n) is 5.43. The Kier molecular flexibility index (Phi) is 2.88. The molecular formula is C15H23NO3. The Morgan fingerprint density at radius 3 is 1.89 bits per heavy atom. The second kappa shape index (κ2) is 4.22. The number of amides is 1. The lowest BCUT2D eigenvalue weighted by atomic mass is 9.47. The van der Waals surface area contributed by atoms with Gasteiger partial charge in [-0.25, -0.2) is 4.79 Å². The van der Waals surface area contributed by atoms with Gasteiger partial charge in [0, 0.05) is 13.1 Å². The first-order valence-electron chi connectivity index (χ1n) is 7.41. The molecule has 0 aromatic carbocycles. The largest absolute Gasteiger partial charge is 0.474 e. The first-order chi connectivity index (χ1) is 8.91. The Labute approximate surface area is 114 Å². The predicted molar refractivity (Wildman–Crippen MR) is 70.5 cm³/mol. The van der Waals surface area contributed by atoms with E-state index in [-0.39, 0.29) is 11.5 Å². The fraction of sp³-hybridized carbons (Fsp3) is 0.867. The number of likely N-dealkylation sites (N-methyl/N-ethyl adjacent to an activating group) is 1. The fourth-order valence-corrected chi connectivity index (χ4v) is 5.43. The molecule has 1 N–H and O–H groups in total. The van der Waals surface area contributed by atoms with Crippen molar-refractivity contribution in [3.63, 3.8) is 0 Å². The standard InChI is InChI=1S/C15H23NO3/c1-9(16(2)13(17)14(18)19)15-6-10-3-11(7-15)5-12(4-10)8-15/h9-12H,3-8H2,1-2H3,(H,18,19). The van der Waals surface area contributed by atoms with Crippen molar-refractivity contribution in [2.75, 3.05) is 7.05 Å². The number of hydrogen-bond donors (Lipinski definition) is 1. The third-order valence-electron chi connectivity index (χ3n) is 6.06. The molecule has 1 atom stereocenters. The second-order valence-corrected chi connectivity index (χ2v) is 7.18. The highest BCUT2D eigenvalue weighted by Gasteiger charge is 2.54. The summed E-state index contributed by atoms with van der Waals surface area (Å²) < 4.78 is 0. The third-order valence-corrected chi connectivity index (χ3v) is 6.06. The summed E-state index contributed by atoms with van der Waals surface area (Å²) in [4.78, 5) is 24.1. The molecule has 19 heavy (non-hydrogen) atoms. The topological polar surface area (TPSA) is 57.6 Å². The summed E-state index contributed by atoms with van der Waals surface area (Å²) in [6.45, 7) is 2.05. The Bertz CT molecular complexity index is 382. The molecule has 0 saturated heterocycles. The quantitative estimate of drug-likeness (QED) is 0.778. The van der Waals surface area contributed by atoms with E-state index >= 15 is 0 Å². The van der Waals surface area contributed by atoms with Crippen LogP contribution in [0.4, 0.5) is 0 Å². The maximum Gasteiger partial charge on any atom is 0.394 e. The van der Waals surface area contributed by atoms with Crippen LogP contribution in [0.15, 0.2) is 0 Å². The van der Waals surface area contributed by atoms with E-state index in [0.717, 1.165) is 17.8 Å². The average molecular weight is 265 g/mol. The molecule has 4 aliphatic carbocycles. The first-order valence-corrected chi connectivity index (χ1v) is 7.41. The number of aliphatic carboxylic acids is 1. The molecule has 4 nitrogen and oxygen atoms in total. The molecule has 4 saturated carbocycles. The number of carbonyl (C=O) groups is 2. The van der Waals surface area contributed by atoms with Gasteiger partial charge in [-0.2, -0.15) is 0 Å². The van der Waals surface area contributed by atoms with Crippen molar-refractivity contribution in [1.29, 1.82) is 0 Å². The highest BCUT2D eigenvalue weighted by atomic mass is 16.4. The molecule has 4 heteroatoms. The molecule has 0 radical (unpaired) electrons. The molecule has 4 bridgehead atoms. The van der Waals surface area contributed by atoms with E-state index < -0.39 is 11.9 Å². The van der Waals surface area contributed by atoms with Gasteiger partial charge in [0.15, 0.2) is 0 Å². The minimum Gasteiger partial charge on any atom is -0.474 e. The SMILES string of the molecule is CC(N(C)C(=O)C(=O)O)C12CC3CC(CC(C3)C1)C2. The zero-order valence-corrected chi connectivity index (χ0v) is 11.8. The summed E-state index contributed by atoms with van der Waals surface area (Å²) in [5.41, 5.74) is 0.189. The summed E-state index contributed by atoms with van der Waals surface area (Å²) in [5.74, 6) is 0.369. The molecule has 1 unspecified atom stereocenters. The molecule has 1 amide bonds. The molecule has 4 rings (SSSR count). The molecule has 4 fully saturated rings. The minimum absolute atomic E-state index is 0.0458. The second-order valence-electron chi connectivity index (χ2n) is 7.18. The summed E-state index contributed by atoms with van der Waals surface area (Å²) in [7, 11) is 1.65. The maximum atomic E-state index is 11.7. The number of carboxylic acids is 1. The highest BCUT2D eigenvalue weighted by Crippen LogP contribution is 2.61. The van der Waals surface area contributed by atoms with Crippen LogP contribution in [0, 0.1) is 23.2 Å². The van der Waals surface area contributed by atoms with Crippen LogP contribution in [0.3, 0.4) is 0 Å². The van der Waals surface area contributed by atoms with Crippen LogP contribution in [0.5, 0.6) is 0 Å². The van der Waals surface area contributed by atoms with E-state index in [1.54, 1.807) is 7.05 Å². The Balaban J connectivity index is 1.81. The molecule has 4 aliphatic rings. The minimum atomic E-state index is -1.33. The van der Waals surface area contributed by atoms with E-state index in [0.29, 0.717) is 0 Å². The Morgan fingerprint density at radius 2 is 1.53 bits per heavy atom. The molecule has 0 aromatic rings. The maximum absolute atomic E-state index is 11.7. The average Bonchev–Trinajstić information content (AvgIpc) is 2.34. The van der Waals surface area contributed by atoms with E-state index in [4.69, 9.17) is 5.11 Å². The van der Waals surface area contributed by atoms with Crippen molar-refractivity contribution >= 4 is 11.9 Å². The molecular weight excluding hydrogens is 242 g/mol. The van der Waals surface area contributed by atoms with Crippen LogP contribution < -0.4 is 0 Å². The van der Waals surface area contributed by atoms with E-state index in [1.807, 2.05) is 6.92 Å². The van der Waals surface area contributed by atoms with Crippen LogP contribution >= 0.6 is 0 Å². The van der Waals surface area contributed by atoms with Crippen molar-refractivity contribution in [2.24, 2.45) is 23.2 Å². The number of carbonyl (C=O) groups excluding carboxylic acids is 1. The van der Waals surface area contributed by atoms with Crippen molar-refractivity contribution in [3.05, 3.63) is 0 Å². The zero-order valence-electron chi connectivity index (χ0n) is 11.8. The Hall–Kier alpha value is -1.06. The molecule has 0 spiro atoms. The summed E-state index contributed by atoms with van der Waals surface area (Å²) in [5, 5.41) is 8.89. The molecule has 0 aromatic heterocycles. The molecule has 0 heterocycles. The van der Waals surface area contributed by atoms with Gasteiger partial charge < -0.3 is 10.0 Å². The van der Waals surface area contributed by atoms with Gasteiger partial charge >= 0.3 is 11.9 Å². The predicted octanol–water partition coefficient (Wildman–Crippen LogP) is 2.13. The first kappa shape index (κ1) is 12.9. The number of nitrogens with zero attached hydrogens (tertiary/aromatic N) is 1. The van der Waals surface area contributed by atoms with Gasteiger partial charge in [0.2, 0.25) is 0 Å². The van der Waals surface area contributed by atoms with Gasteiger partial charge in [-0.15, -0.1) is 0 Å². The number of carboxylic acid groups (broad SMARTS) is 1. The third kappa shape index (κ3) is 1.96. The normalized spacial score (nSPS) is 41.1.